The first-order chi connectivity index (χ1) is 14.6. The van der Waals surface area contributed by atoms with Crippen LogP contribution in [0.2, 0.25) is 5.02 Å². The van der Waals surface area contributed by atoms with Crippen LogP contribution in [0.3, 0.4) is 0 Å². The summed E-state index contributed by atoms with van der Waals surface area (Å²) in [5.41, 5.74) is 1.35. The molecule has 1 aromatic carbocycles. The van der Waals surface area contributed by atoms with E-state index in [-0.39, 0.29) is 34.8 Å². The quantitative estimate of drug-likeness (QED) is 0.548. The van der Waals surface area contributed by atoms with Gasteiger partial charge in [-0.1, -0.05) is 36.6 Å². The second-order valence-electron chi connectivity index (χ2n) is 8.93. The fourth-order valence-corrected chi connectivity index (χ4v) is 6.09. The molecule has 1 aliphatic rings. The highest BCUT2D eigenvalue weighted by atomic mass is 35.5. The lowest BCUT2D eigenvalue weighted by Crippen LogP contribution is -2.40. The van der Waals surface area contributed by atoms with Crippen LogP contribution in [0.4, 0.5) is 0 Å². The van der Waals surface area contributed by atoms with Gasteiger partial charge in [0.05, 0.1) is 24.2 Å². The van der Waals surface area contributed by atoms with Gasteiger partial charge in [0.2, 0.25) is 20.9 Å². The molecule has 0 saturated heterocycles. The standard InChI is InChI=1S/C23H32ClN3O3S/c1-16(2)26(22(28)19-9-5-6-10-19)14-21-13-25-23(27(21)17(3)4)31(29,30)15-18-8-7-11-20(24)12-18/h7-8,11-13,16-17,19H,5-6,9-10,14-15H2,1-4H3. The van der Waals surface area contributed by atoms with Crippen LogP contribution < -0.4 is 0 Å². The number of imidazole rings is 1. The molecule has 0 bridgehead atoms. The molecule has 0 radical (unpaired) electrons. The van der Waals surface area contributed by atoms with E-state index in [4.69, 9.17) is 11.6 Å². The van der Waals surface area contributed by atoms with E-state index in [0.717, 1.165) is 31.4 Å². The molecule has 1 aromatic heterocycles. The van der Waals surface area contributed by atoms with Crippen LogP contribution in [-0.2, 0) is 26.9 Å². The SMILES string of the molecule is CC(C)N(Cc1cnc(S(=O)(=O)Cc2cccc(Cl)c2)n1C(C)C)C(=O)C1CCCC1. The van der Waals surface area contributed by atoms with Crippen LogP contribution in [0.25, 0.3) is 0 Å². The normalized spacial score (nSPS) is 15.2. The Bertz CT molecular complexity index is 1020. The van der Waals surface area contributed by atoms with Crippen molar-refractivity contribution in [2.24, 2.45) is 5.92 Å². The number of nitrogens with zero attached hydrogens (tertiary/aromatic N) is 3. The number of sulfone groups is 1. The molecule has 31 heavy (non-hydrogen) atoms. The number of carbonyl (C=O) groups excluding carboxylic acids is 1. The van der Waals surface area contributed by atoms with Crippen molar-refractivity contribution in [2.45, 2.75) is 82.9 Å². The Morgan fingerprint density at radius 3 is 2.48 bits per heavy atom. The van der Waals surface area contributed by atoms with Crippen molar-refractivity contribution in [1.29, 1.82) is 0 Å². The molecule has 1 saturated carbocycles. The highest BCUT2D eigenvalue weighted by molar-refractivity contribution is 7.90. The van der Waals surface area contributed by atoms with Crippen molar-refractivity contribution in [2.75, 3.05) is 0 Å². The summed E-state index contributed by atoms with van der Waals surface area (Å²) in [6.07, 6.45) is 5.66. The zero-order valence-electron chi connectivity index (χ0n) is 18.7. The second kappa shape index (κ2) is 9.74. The van der Waals surface area contributed by atoms with Gasteiger partial charge in [0, 0.05) is 23.0 Å². The Hall–Kier alpha value is -1.86. The number of hydrogen-bond donors (Lipinski definition) is 0. The molecule has 1 fully saturated rings. The molecule has 0 N–H and O–H groups in total. The molecule has 170 valence electrons. The van der Waals surface area contributed by atoms with E-state index < -0.39 is 9.84 Å². The fourth-order valence-electron chi connectivity index (χ4n) is 4.28. The zero-order chi connectivity index (χ0) is 22.8. The third-order valence-electron chi connectivity index (χ3n) is 5.82. The van der Waals surface area contributed by atoms with Gasteiger partial charge in [-0.25, -0.2) is 13.4 Å². The zero-order valence-corrected chi connectivity index (χ0v) is 20.3. The maximum Gasteiger partial charge on any atom is 0.228 e. The van der Waals surface area contributed by atoms with Gasteiger partial charge in [-0.15, -0.1) is 0 Å². The van der Waals surface area contributed by atoms with E-state index in [1.54, 1.807) is 35.0 Å². The van der Waals surface area contributed by atoms with E-state index in [0.29, 0.717) is 17.1 Å². The maximum absolute atomic E-state index is 13.2. The van der Waals surface area contributed by atoms with Crippen LogP contribution in [0.1, 0.15) is 70.7 Å². The lowest BCUT2D eigenvalue weighted by atomic mass is 10.1. The van der Waals surface area contributed by atoms with Crippen LogP contribution >= 0.6 is 11.6 Å². The molecule has 2 aromatic rings. The maximum atomic E-state index is 13.2. The number of benzene rings is 1. The fraction of sp³-hybridized carbons (Fsp3) is 0.565. The highest BCUT2D eigenvalue weighted by Crippen LogP contribution is 2.29. The number of aromatic nitrogens is 2. The predicted molar refractivity (Wildman–Crippen MR) is 123 cm³/mol. The Balaban J connectivity index is 1.91. The molecule has 1 heterocycles. The monoisotopic (exact) mass is 465 g/mol. The molecule has 6 nitrogen and oxygen atoms in total. The number of halogens is 1. The van der Waals surface area contributed by atoms with Gasteiger partial charge in [0.15, 0.2) is 0 Å². The summed E-state index contributed by atoms with van der Waals surface area (Å²) in [7, 11) is -3.69. The first kappa shape index (κ1) is 23.8. The van der Waals surface area contributed by atoms with E-state index in [1.165, 1.54) is 0 Å². The molecule has 0 spiro atoms. The van der Waals surface area contributed by atoms with Crippen molar-refractivity contribution >= 4 is 27.3 Å². The summed E-state index contributed by atoms with van der Waals surface area (Å²) in [6, 6.07) is 6.76. The number of carbonyl (C=O) groups is 1. The molecule has 8 heteroatoms. The van der Waals surface area contributed by atoms with Crippen LogP contribution in [0, 0.1) is 5.92 Å². The minimum atomic E-state index is -3.69. The summed E-state index contributed by atoms with van der Waals surface area (Å²) in [5.74, 6) is 0.0576. The lowest BCUT2D eigenvalue weighted by Gasteiger charge is -2.30. The Kier molecular flexibility index (Phi) is 7.47. The van der Waals surface area contributed by atoms with E-state index in [1.807, 2.05) is 32.6 Å². The summed E-state index contributed by atoms with van der Waals surface area (Å²) in [4.78, 5) is 19.3. The third-order valence-corrected chi connectivity index (χ3v) is 7.63. The Morgan fingerprint density at radius 2 is 1.90 bits per heavy atom. The molecular formula is C23H32ClN3O3S. The third kappa shape index (κ3) is 5.50. The average Bonchev–Trinajstić information content (AvgIpc) is 3.35. The largest absolute Gasteiger partial charge is 0.334 e. The first-order valence-corrected chi connectivity index (χ1v) is 13.0. The van der Waals surface area contributed by atoms with Crippen molar-refractivity contribution in [3.05, 3.63) is 46.7 Å². The first-order valence-electron chi connectivity index (χ1n) is 10.9. The number of hydrogen-bond acceptors (Lipinski definition) is 4. The smallest absolute Gasteiger partial charge is 0.228 e. The average molecular weight is 466 g/mol. The molecule has 0 aliphatic heterocycles. The molecular weight excluding hydrogens is 434 g/mol. The molecule has 1 aliphatic carbocycles. The molecule has 0 atom stereocenters. The van der Waals surface area contributed by atoms with Gasteiger partial charge >= 0.3 is 0 Å². The van der Waals surface area contributed by atoms with Gasteiger partial charge < -0.3 is 9.47 Å². The molecule has 1 amide bonds. The summed E-state index contributed by atoms with van der Waals surface area (Å²) in [6.45, 7) is 8.22. The summed E-state index contributed by atoms with van der Waals surface area (Å²) >= 11 is 6.02. The lowest BCUT2D eigenvalue weighted by molar-refractivity contribution is -0.137. The van der Waals surface area contributed by atoms with Crippen molar-refractivity contribution in [1.82, 2.24) is 14.5 Å². The Morgan fingerprint density at radius 1 is 1.23 bits per heavy atom. The van der Waals surface area contributed by atoms with Crippen LogP contribution in [0.5, 0.6) is 0 Å². The minimum absolute atomic E-state index is 0.0233. The van der Waals surface area contributed by atoms with Gasteiger partial charge in [-0.2, -0.15) is 0 Å². The topological polar surface area (TPSA) is 72.3 Å². The van der Waals surface area contributed by atoms with Crippen LogP contribution in [-0.4, -0.2) is 34.8 Å². The summed E-state index contributed by atoms with van der Waals surface area (Å²) in [5, 5.41) is 0.535. The van der Waals surface area contributed by atoms with Crippen molar-refractivity contribution < 1.29 is 13.2 Å². The minimum Gasteiger partial charge on any atom is -0.334 e. The van der Waals surface area contributed by atoms with E-state index in [2.05, 4.69) is 4.98 Å². The Labute approximate surface area is 190 Å². The van der Waals surface area contributed by atoms with Crippen molar-refractivity contribution in [3.8, 4) is 0 Å². The highest BCUT2D eigenvalue weighted by Gasteiger charge is 2.31. The van der Waals surface area contributed by atoms with Gasteiger partial charge in [-0.3, -0.25) is 4.79 Å². The number of amides is 1. The van der Waals surface area contributed by atoms with Gasteiger partial charge in [-0.05, 0) is 58.2 Å². The molecule has 3 rings (SSSR count). The predicted octanol–water partition coefficient (Wildman–Crippen LogP) is 5.02. The second-order valence-corrected chi connectivity index (χ2v) is 11.2. The summed E-state index contributed by atoms with van der Waals surface area (Å²) < 4.78 is 28.2. The molecule has 0 unspecified atom stereocenters. The van der Waals surface area contributed by atoms with Crippen molar-refractivity contribution in [3.63, 3.8) is 0 Å². The van der Waals surface area contributed by atoms with Gasteiger partial charge in [0.25, 0.3) is 0 Å². The van der Waals surface area contributed by atoms with Crippen LogP contribution in [0.15, 0.2) is 35.6 Å². The van der Waals surface area contributed by atoms with E-state index in [9.17, 15) is 13.2 Å². The van der Waals surface area contributed by atoms with Gasteiger partial charge in [0.1, 0.15) is 0 Å². The number of rotatable bonds is 8. The van der Waals surface area contributed by atoms with E-state index >= 15 is 0 Å².